The summed E-state index contributed by atoms with van der Waals surface area (Å²) < 4.78 is 11.9. The topological polar surface area (TPSA) is 166 Å². The number of allylic oxidation sites excluding steroid dienone is 4. The van der Waals surface area contributed by atoms with E-state index >= 15 is 0 Å². The molecule has 1 aromatic carbocycles. The summed E-state index contributed by atoms with van der Waals surface area (Å²) in [4.78, 5) is 30.3. The number of benzene rings is 1. The van der Waals surface area contributed by atoms with Crippen LogP contribution in [0.25, 0.3) is 55.5 Å². The minimum atomic E-state index is -1.39. The highest BCUT2D eigenvalue weighted by Gasteiger charge is 2.45. The first-order valence-electron chi connectivity index (χ1n) is 20.6. The van der Waals surface area contributed by atoms with E-state index in [2.05, 4.69) is 101 Å². The molecule has 0 saturated carbocycles. The molecular formula is C47H57N5O6. The van der Waals surface area contributed by atoms with Crippen LogP contribution in [0, 0.1) is 13.8 Å². The van der Waals surface area contributed by atoms with Crippen molar-refractivity contribution in [1.82, 2.24) is 25.3 Å². The van der Waals surface area contributed by atoms with Crippen LogP contribution in [0.5, 0.6) is 0 Å². The highest BCUT2D eigenvalue weighted by molar-refractivity contribution is 6.01. The SMILES string of the molecule is CCC1=C(C)c2cc3nc(c(-c4ccc(CO[C@H]5O[C@H](CO)[C@@H](O)[C@H](O)[C@H]5NC(C)=O)cc4)c4[nH]c(cc5[nH]c(cc1n2)c(CC)c5C)c(CC)c4C)C(C)=C3CC. The summed E-state index contributed by atoms with van der Waals surface area (Å²) in [6.07, 6.45) is -1.51. The van der Waals surface area contributed by atoms with Crippen molar-refractivity contribution in [2.75, 3.05) is 6.61 Å². The molecule has 3 aliphatic rings. The summed E-state index contributed by atoms with van der Waals surface area (Å²) in [7, 11) is 0. The normalized spacial score (nSPS) is 20.9. The third kappa shape index (κ3) is 7.35. The molecule has 8 bridgehead atoms. The van der Waals surface area contributed by atoms with Gasteiger partial charge in [0, 0.05) is 29.0 Å². The average Bonchev–Trinajstić information content (AvgIpc) is 3.89. The summed E-state index contributed by atoms with van der Waals surface area (Å²) in [5.41, 5.74) is 20.5. The van der Waals surface area contributed by atoms with Gasteiger partial charge in [-0.15, -0.1) is 0 Å². The van der Waals surface area contributed by atoms with Gasteiger partial charge in [0.1, 0.15) is 24.4 Å². The van der Waals surface area contributed by atoms with Gasteiger partial charge in [0.2, 0.25) is 5.91 Å². The van der Waals surface area contributed by atoms with Gasteiger partial charge in [0.25, 0.3) is 0 Å². The Bertz CT molecular complexity index is 2480. The summed E-state index contributed by atoms with van der Waals surface area (Å²) in [5, 5.41) is 33.6. The molecule has 1 saturated heterocycles. The number of aromatic amines is 2. The molecular weight excluding hydrogens is 731 g/mol. The zero-order valence-electron chi connectivity index (χ0n) is 35.1. The Morgan fingerprint density at radius 3 is 2.05 bits per heavy atom. The van der Waals surface area contributed by atoms with E-state index in [0.29, 0.717) is 0 Å². The smallest absolute Gasteiger partial charge is 0.217 e. The van der Waals surface area contributed by atoms with Crippen molar-refractivity contribution in [1.29, 1.82) is 0 Å². The quantitative estimate of drug-likeness (QED) is 0.0946. The first-order valence-corrected chi connectivity index (χ1v) is 20.6. The molecule has 0 aliphatic carbocycles. The maximum absolute atomic E-state index is 12.0. The Morgan fingerprint density at radius 1 is 0.776 bits per heavy atom. The number of aryl methyl sites for hydroxylation is 4. The predicted molar refractivity (Wildman–Crippen MR) is 230 cm³/mol. The predicted octanol–water partition coefficient (Wildman–Crippen LogP) is 7.87. The largest absolute Gasteiger partial charge is 0.394 e. The lowest BCUT2D eigenvalue weighted by atomic mass is 9.95. The standard InChI is InChI=1S/C47H57N5O6/c1-10-30-23(5)34-18-38-32(12-3)25(7)42(51-38)41(29-16-14-28(15-17-29)22-57-47-44(48-27(9)54)46(56)45(55)40(21-53)58-47)43-26(8)33(13-4)39(52-43)19-35-24(6)31(11-2)37(50-35)20-36(30)49-34/h14-20,40,44-47,49,51,53,55-56H,10-13,21-22H2,1-9H3,(H,48,54)/t40-,44-,45-,46-,47+/m1/s1. The van der Waals surface area contributed by atoms with Gasteiger partial charge < -0.3 is 40.1 Å². The fourth-order valence-corrected chi connectivity index (χ4v) is 9.01. The summed E-state index contributed by atoms with van der Waals surface area (Å²) in [6, 6.07) is 13.7. The van der Waals surface area contributed by atoms with Crippen LogP contribution >= 0.6 is 0 Å². The van der Waals surface area contributed by atoms with Crippen LogP contribution in [0.3, 0.4) is 0 Å². The Hall–Kier alpha value is -4.91. The van der Waals surface area contributed by atoms with Gasteiger partial charge in [0.05, 0.1) is 41.5 Å². The first kappa shape index (κ1) is 41.3. The van der Waals surface area contributed by atoms with Crippen LogP contribution < -0.4 is 5.32 Å². The molecule has 0 unspecified atom stereocenters. The number of hydrogen-bond acceptors (Lipinski definition) is 8. The molecule has 11 nitrogen and oxygen atoms in total. The van der Waals surface area contributed by atoms with E-state index in [4.69, 9.17) is 19.4 Å². The van der Waals surface area contributed by atoms with Crippen LogP contribution in [0.1, 0.15) is 112 Å². The van der Waals surface area contributed by atoms with Crippen LogP contribution in [0.15, 0.2) is 42.5 Å². The minimum Gasteiger partial charge on any atom is -0.394 e. The first-order chi connectivity index (χ1) is 27.8. The van der Waals surface area contributed by atoms with Crippen molar-refractivity contribution in [3.63, 3.8) is 0 Å². The maximum Gasteiger partial charge on any atom is 0.217 e. The van der Waals surface area contributed by atoms with Gasteiger partial charge in [-0.2, -0.15) is 0 Å². The third-order valence-electron chi connectivity index (χ3n) is 12.3. The van der Waals surface area contributed by atoms with Gasteiger partial charge in [-0.1, -0.05) is 52.0 Å². The maximum atomic E-state index is 12.0. The molecule has 306 valence electrons. The monoisotopic (exact) mass is 787 g/mol. The Kier molecular flexibility index (Phi) is 11.9. The second kappa shape index (κ2) is 16.8. The lowest BCUT2D eigenvalue weighted by Crippen LogP contribution is -2.64. The molecule has 3 aliphatic heterocycles. The van der Waals surface area contributed by atoms with E-state index in [-0.39, 0.29) is 6.61 Å². The fourth-order valence-electron chi connectivity index (χ4n) is 9.01. The molecule has 6 heterocycles. The number of aromatic nitrogens is 4. The number of amides is 1. The molecule has 6 N–H and O–H groups in total. The van der Waals surface area contributed by atoms with Crippen molar-refractivity contribution in [2.45, 2.75) is 125 Å². The summed E-state index contributed by atoms with van der Waals surface area (Å²) in [6.45, 7) is 18.4. The highest BCUT2D eigenvalue weighted by Crippen LogP contribution is 2.42. The lowest BCUT2D eigenvalue weighted by Gasteiger charge is -2.42. The van der Waals surface area contributed by atoms with Gasteiger partial charge in [-0.05, 0) is 127 Å². The van der Waals surface area contributed by atoms with E-state index in [1.165, 1.54) is 45.9 Å². The highest BCUT2D eigenvalue weighted by atomic mass is 16.7. The zero-order chi connectivity index (χ0) is 41.6. The van der Waals surface area contributed by atoms with Crippen molar-refractivity contribution in [3.8, 4) is 11.1 Å². The number of rotatable bonds is 10. The lowest BCUT2D eigenvalue weighted by molar-refractivity contribution is -0.273. The number of ether oxygens (including phenoxy) is 2. The Morgan fingerprint density at radius 2 is 1.41 bits per heavy atom. The minimum absolute atomic E-state index is 0.0904. The van der Waals surface area contributed by atoms with Gasteiger partial charge in [-0.25, -0.2) is 9.97 Å². The van der Waals surface area contributed by atoms with Crippen molar-refractivity contribution in [2.24, 2.45) is 0 Å². The molecule has 4 aromatic rings. The zero-order valence-corrected chi connectivity index (χ0v) is 35.1. The molecule has 0 spiro atoms. The number of nitrogens with one attached hydrogen (secondary N) is 3. The van der Waals surface area contributed by atoms with E-state index < -0.39 is 43.2 Å². The van der Waals surface area contributed by atoms with Crippen LogP contribution in [0.4, 0.5) is 0 Å². The van der Waals surface area contributed by atoms with Crippen molar-refractivity contribution < 1.29 is 29.6 Å². The number of hydrogen-bond donors (Lipinski definition) is 6. The molecule has 58 heavy (non-hydrogen) atoms. The van der Waals surface area contributed by atoms with Gasteiger partial charge in [0.15, 0.2) is 6.29 Å². The molecule has 3 aromatic heterocycles. The van der Waals surface area contributed by atoms with E-state index in [1.807, 2.05) is 12.1 Å². The molecule has 7 rings (SSSR count). The van der Waals surface area contributed by atoms with E-state index in [1.54, 1.807) is 0 Å². The molecule has 5 atom stereocenters. The number of H-pyrrole nitrogens is 2. The average molecular weight is 788 g/mol. The number of carbonyl (C=O) groups is 1. The second-order valence-electron chi connectivity index (χ2n) is 15.7. The van der Waals surface area contributed by atoms with Crippen LogP contribution in [-0.4, -0.2) is 78.4 Å². The second-order valence-corrected chi connectivity index (χ2v) is 15.7. The van der Waals surface area contributed by atoms with Gasteiger partial charge in [-0.3, -0.25) is 4.79 Å². The summed E-state index contributed by atoms with van der Waals surface area (Å²) in [5.74, 6) is -0.407. The van der Waals surface area contributed by atoms with Crippen molar-refractivity contribution in [3.05, 3.63) is 93.1 Å². The Labute approximate surface area is 340 Å². The van der Waals surface area contributed by atoms with E-state index in [0.717, 1.165) is 92.8 Å². The Balaban J connectivity index is 1.42. The third-order valence-corrected chi connectivity index (χ3v) is 12.3. The number of aliphatic hydroxyl groups excluding tert-OH is 3. The number of carbonyl (C=O) groups excluding carboxylic acids is 1. The number of fused-ring (bicyclic) bond motifs is 8. The van der Waals surface area contributed by atoms with Crippen LogP contribution in [0.2, 0.25) is 0 Å². The number of nitrogens with zero attached hydrogens (tertiary/aromatic N) is 2. The van der Waals surface area contributed by atoms with Crippen LogP contribution in [-0.2, 0) is 33.7 Å². The van der Waals surface area contributed by atoms with Crippen molar-refractivity contribution >= 4 is 50.3 Å². The summed E-state index contributed by atoms with van der Waals surface area (Å²) >= 11 is 0. The van der Waals surface area contributed by atoms with E-state index in [9.17, 15) is 20.1 Å². The molecule has 1 fully saturated rings. The number of aliphatic hydroxyl groups is 3. The molecule has 0 radical (unpaired) electrons. The fraction of sp³-hybridized carbons (Fsp3) is 0.426. The van der Waals surface area contributed by atoms with Gasteiger partial charge >= 0.3 is 0 Å². The molecule has 11 heteroatoms. The molecule has 1 amide bonds.